The number of nitrogens with zero attached hydrogens (tertiary/aromatic N) is 1. The molecule has 2 bridgehead atoms. The van der Waals surface area contributed by atoms with Crippen LogP contribution < -0.4 is 5.32 Å². The van der Waals surface area contributed by atoms with Crippen LogP contribution in [0.3, 0.4) is 0 Å². The third kappa shape index (κ3) is 3.93. The van der Waals surface area contributed by atoms with E-state index in [0.717, 1.165) is 6.54 Å². The van der Waals surface area contributed by atoms with Gasteiger partial charge in [0.15, 0.2) is 0 Å². The lowest BCUT2D eigenvalue weighted by Gasteiger charge is -2.49. The Bertz CT molecular complexity index is 715. The number of halogens is 1. The second-order valence-electron chi connectivity index (χ2n) is 7.69. The van der Waals surface area contributed by atoms with E-state index in [-0.39, 0.29) is 0 Å². The standard InChI is InChI=1S/C22H27BrN2/c1-16-6-4-7-17(12-16)15-25-19-8-5-9-20(25)14-18(13-19)24-22-11-3-2-10-21(22)23/h2-4,6-7,10-12,18-20,24H,5,8-9,13-15H2,1H3. The Morgan fingerprint density at radius 2 is 1.80 bits per heavy atom. The maximum atomic E-state index is 3.80. The smallest absolute Gasteiger partial charge is 0.0486 e. The van der Waals surface area contributed by atoms with Crippen molar-refractivity contribution < 1.29 is 0 Å². The number of benzene rings is 2. The number of hydrogen-bond donors (Lipinski definition) is 1. The number of anilines is 1. The molecule has 3 heteroatoms. The SMILES string of the molecule is Cc1cccc(CN2C3CCCC2CC(Nc2ccccc2Br)C3)c1. The van der Waals surface area contributed by atoms with Crippen molar-refractivity contribution in [2.75, 3.05) is 5.32 Å². The zero-order valence-corrected chi connectivity index (χ0v) is 16.5. The quantitative estimate of drug-likeness (QED) is 0.704. The van der Waals surface area contributed by atoms with E-state index in [1.165, 1.54) is 53.4 Å². The van der Waals surface area contributed by atoms with E-state index < -0.39 is 0 Å². The van der Waals surface area contributed by atoms with Gasteiger partial charge in [-0.2, -0.15) is 0 Å². The predicted molar refractivity (Wildman–Crippen MR) is 109 cm³/mol. The highest BCUT2D eigenvalue weighted by atomic mass is 79.9. The van der Waals surface area contributed by atoms with Gasteiger partial charge in [-0.3, -0.25) is 4.90 Å². The summed E-state index contributed by atoms with van der Waals surface area (Å²) in [5.74, 6) is 0. The minimum Gasteiger partial charge on any atom is -0.381 e. The molecule has 2 aliphatic rings. The Morgan fingerprint density at radius 1 is 1.04 bits per heavy atom. The molecular formula is C22H27BrN2. The lowest BCUT2D eigenvalue weighted by Crippen LogP contribution is -2.54. The first-order valence-electron chi connectivity index (χ1n) is 9.51. The molecule has 2 nitrogen and oxygen atoms in total. The molecule has 2 aromatic carbocycles. The summed E-state index contributed by atoms with van der Waals surface area (Å²) in [6, 6.07) is 19.5. The van der Waals surface area contributed by atoms with E-state index in [2.05, 4.69) is 81.6 Å². The average molecular weight is 399 g/mol. The Labute approximate surface area is 159 Å². The van der Waals surface area contributed by atoms with E-state index in [4.69, 9.17) is 0 Å². The number of rotatable bonds is 4. The lowest BCUT2D eigenvalue weighted by molar-refractivity contribution is 0.0277. The molecule has 1 N–H and O–H groups in total. The van der Waals surface area contributed by atoms with E-state index in [1.54, 1.807) is 0 Å². The fraction of sp³-hybridized carbons (Fsp3) is 0.455. The number of hydrogen-bond acceptors (Lipinski definition) is 2. The summed E-state index contributed by atoms with van der Waals surface area (Å²) in [5, 5.41) is 3.80. The van der Waals surface area contributed by atoms with Gasteiger partial charge in [0.2, 0.25) is 0 Å². The highest BCUT2D eigenvalue weighted by Crippen LogP contribution is 2.37. The number of fused-ring (bicyclic) bond motifs is 2. The topological polar surface area (TPSA) is 15.3 Å². The Hall–Kier alpha value is -1.32. The predicted octanol–water partition coefficient (Wildman–Crippen LogP) is 5.76. The Kier molecular flexibility index (Phi) is 5.14. The molecule has 2 aromatic rings. The summed E-state index contributed by atoms with van der Waals surface area (Å²) < 4.78 is 1.17. The van der Waals surface area contributed by atoms with Gasteiger partial charge in [-0.05, 0) is 66.2 Å². The molecule has 0 aliphatic carbocycles. The molecule has 0 amide bonds. The molecule has 2 heterocycles. The molecule has 2 saturated heterocycles. The fourth-order valence-corrected chi connectivity index (χ4v) is 5.07. The molecule has 132 valence electrons. The minimum atomic E-state index is 0.586. The van der Waals surface area contributed by atoms with Crippen LogP contribution in [-0.2, 0) is 6.54 Å². The molecule has 2 unspecified atom stereocenters. The second-order valence-corrected chi connectivity index (χ2v) is 8.55. The van der Waals surface area contributed by atoms with E-state index in [9.17, 15) is 0 Å². The summed E-state index contributed by atoms with van der Waals surface area (Å²) >= 11 is 3.67. The van der Waals surface area contributed by atoms with Gasteiger partial charge >= 0.3 is 0 Å². The van der Waals surface area contributed by atoms with Crippen LogP contribution in [0, 0.1) is 6.92 Å². The first-order chi connectivity index (χ1) is 12.2. The molecule has 0 saturated carbocycles. The van der Waals surface area contributed by atoms with Crippen LogP contribution >= 0.6 is 15.9 Å². The summed E-state index contributed by atoms with van der Waals surface area (Å²) in [6.45, 7) is 3.30. The van der Waals surface area contributed by atoms with Gasteiger partial charge in [0, 0.05) is 34.8 Å². The van der Waals surface area contributed by atoms with Gasteiger partial charge < -0.3 is 5.32 Å². The molecule has 0 aromatic heterocycles. The fourth-order valence-electron chi connectivity index (χ4n) is 4.67. The van der Waals surface area contributed by atoms with Crippen molar-refractivity contribution in [3.63, 3.8) is 0 Å². The normalized spacial score (nSPS) is 26.4. The van der Waals surface area contributed by atoms with E-state index in [0.29, 0.717) is 18.1 Å². The summed E-state index contributed by atoms with van der Waals surface area (Å²) in [4.78, 5) is 2.79. The van der Waals surface area contributed by atoms with Gasteiger partial charge in [-0.25, -0.2) is 0 Å². The van der Waals surface area contributed by atoms with Gasteiger partial charge in [0.25, 0.3) is 0 Å². The first-order valence-corrected chi connectivity index (χ1v) is 10.3. The van der Waals surface area contributed by atoms with Crippen molar-refractivity contribution in [2.45, 2.75) is 63.7 Å². The van der Waals surface area contributed by atoms with Gasteiger partial charge in [0.1, 0.15) is 0 Å². The van der Waals surface area contributed by atoms with Crippen LogP contribution in [0.4, 0.5) is 5.69 Å². The largest absolute Gasteiger partial charge is 0.381 e. The van der Waals surface area contributed by atoms with Crippen molar-refractivity contribution in [1.82, 2.24) is 4.90 Å². The maximum absolute atomic E-state index is 3.80. The highest BCUT2D eigenvalue weighted by Gasteiger charge is 2.38. The van der Waals surface area contributed by atoms with E-state index >= 15 is 0 Å². The molecule has 0 radical (unpaired) electrons. The van der Waals surface area contributed by atoms with Crippen LogP contribution in [0.15, 0.2) is 53.0 Å². The third-order valence-electron chi connectivity index (χ3n) is 5.81. The molecule has 25 heavy (non-hydrogen) atoms. The summed E-state index contributed by atoms with van der Waals surface area (Å²) in [5.41, 5.74) is 4.07. The number of para-hydroxylation sites is 1. The molecular weight excluding hydrogens is 372 g/mol. The van der Waals surface area contributed by atoms with Gasteiger partial charge in [0.05, 0.1) is 0 Å². The minimum absolute atomic E-state index is 0.586. The van der Waals surface area contributed by atoms with Crippen LogP contribution in [0.25, 0.3) is 0 Å². The van der Waals surface area contributed by atoms with Gasteiger partial charge in [-0.1, -0.05) is 48.4 Å². The summed E-state index contributed by atoms with van der Waals surface area (Å²) in [6.07, 6.45) is 6.58. The zero-order chi connectivity index (χ0) is 17.2. The average Bonchev–Trinajstić information content (AvgIpc) is 2.58. The first kappa shape index (κ1) is 17.1. The highest BCUT2D eigenvalue weighted by molar-refractivity contribution is 9.10. The van der Waals surface area contributed by atoms with Crippen molar-refractivity contribution in [1.29, 1.82) is 0 Å². The molecule has 2 fully saturated rings. The van der Waals surface area contributed by atoms with Crippen molar-refractivity contribution >= 4 is 21.6 Å². The monoisotopic (exact) mass is 398 g/mol. The van der Waals surface area contributed by atoms with Crippen molar-refractivity contribution in [2.24, 2.45) is 0 Å². The number of aryl methyl sites for hydroxylation is 1. The number of nitrogens with one attached hydrogen (secondary N) is 1. The van der Waals surface area contributed by atoms with Crippen LogP contribution in [-0.4, -0.2) is 23.0 Å². The zero-order valence-electron chi connectivity index (χ0n) is 14.9. The second kappa shape index (κ2) is 7.51. The van der Waals surface area contributed by atoms with Crippen LogP contribution in [0.1, 0.15) is 43.2 Å². The maximum Gasteiger partial charge on any atom is 0.0486 e. The van der Waals surface area contributed by atoms with Crippen LogP contribution in [0.2, 0.25) is 0 Å². The van der Waals surface area contributed by atoms with Crippen molar-refractivity contribution in [3.05, 3.63) is 64.1 Å². The molecule has 2 aliphatic heterocycles. The number of piperidine rings is 2. The van der Waals surface area contributed by atoms with Crippen LogP contribution in [0.5, 0.6) is 0 Å². The summed E-state index contributed by atoms with van der Waals surface area (Å²) in [7, 11) is 0. The van der Waals surface area contributed by atoms with E-state index in [1.807, 2.05) is 0 Å². The Morgan fingerprint density at radius 3 is 2.52 bits per heavy atom. The van der Waals surface area contributed by atoms with Crippen molar-refractivity contribution in [3.8, 4) is 0 Å². The molecule has 2 atom stereocenters. The molecule has 0 spiro atoms. The Balaban J connectivity index is 1.46. The lowest BCUT2D eigenvalue weighted by atomic mass is 9.81. The third-order valence-corrected chi connectivity index (χ3v) is 6.50. The molecule has 4 rings (SSSR count). The van der Waals surface area contributed by atoms with Gasteiger partial charge in [-0.15, -0.1) is 0 Å².